The predicted molar refractivity (Wildman–Crippen MR) is 111 cm³/mol. The zero-order chi connectivity index (χ0) is 18.5. The molecule has 137 valence electrons. The van der Waals surface area contributed by atoms with Crippen LogP contribution in [0.1, 0.15) is 18.4 Å². The van der Waals surface area contributed by atoms with Crippen molar-refractivity contribution in [3.63, 3.8) is 0 Å². The largest absolute Gasteiger partial charge is 0.490 e. The third kappa shape index (κ3) is 4.91. The van der Waals surface area contributed by atoms with Gasteiger partial charge < -0.3 is 4.74 Å². The molecule has 3 aromatic rings. The summed E-state index contributed by atoms with van der Waals surface area (Å²) < 4.78 is 6.21. The molecule has 3 aromatic carbocycles. The molecule has 1 aliphatic rings. The van der Waals surface area contributed by atoms with Crippen LogP contribution in [0.25, 0.3) is 11.1 Å². The second-order valence-electron chi connectivity index (χ2n) is 7.02. The maximum absolute atomic E-state index is 6.21. The Bertz CT molecular complexity index is 838. The fourth-order valence-corrected chi connectivity index (χ4v) is 3.64. The average Bonchev–Trinajstić information content (AvgIpc) is 2.72. The van der Waals surface area contributed by atoms with E-state index in [9.17, 15) is 0 Å². The fraction of sp³-hybridized carbons (Fsp3) is 0.250. The molecule has 1 radical (unpaired) electrons. The van der Waals surface area contributed by atoms with Crippen molar-refractivity contribution in [2.45, 2.75) is 25.5 Å². The molecule has 0 bridgehead atoms. The van der Waals surface area contributed by atoms with Crippen molar-refractivity contribution in [1.29, 1.82) is 0 Å². The summed E-state index contributed by atoms with van der Waals surface area (Å²) in [6.07, 6.45) is 2.41. The van der Waals surface area contributed by atoms with Crippen LogP contribution in [0.15, 0.2) is 72.8 Å². The lowest BCUT2D eigenvalue weighted by Gasteiger charge is -2.32. The van der Waals surface area contributed by atoms with E-state index in [-0.39, 0.29) is 0 Å². The summed E-state index contributed by atoms with van der Waals surface area (Å²) in [5.41, 5.74) is 3.59. The van der Waals surface area contributed by atoms with Crippen LogP contribution in [-0.2, 0) is 6.54 Å². The third-order valence-electron chi connectivity index (χ3n) is 5.03. The Hall–Kier alpha value is -2.29. The number of piperidine rings is 1. The van der Waals surface area contributed by atoms with Gasteiger partial charge in [0.05, 0.1) is 0 Å². The highest BCUT2D eigenvalue weighted by molar-refractivity contribution is 6.30. The number of rotatable bonds is 5. The molecule has 1 heterocycles. The van der Waals surface area contributed by atoms with E-state index in [0.717, 1.165) is 48.8 Å². The van der Waals surface area contributed by atoms with Gasteiger partial charge in [0, 0.05) is 24.7 Å². The van der Waals surface area contributed by atoms with Gasteiger partial charge in [0.25, 0.3) is 0 Å². The standard InChI is InChI=1S/C24H23ClNO/c25-22-10-6-19(7-11-22)18-26-16-14-24(15-17-26)27-23-12-8-21(9-13-23)20-4-2-1-3-5-20/h1-4,6-13,24H,14-18H2. The summed E-state index contributed by atoms with van der Waals surface area (Å²) in [7, 11) is 0. The Morgan fingerprint density at radius 2 is 1.67 bits per heavy atom. The molecule has 1 fully saturated rings. The molecule has 1 saturated heterocycles. The minimum absolute atomic E-state index is 0.292. The first kappa shape index (κ1) is 18.1. The van der Waals surface area contributed by atoms with Gasteiger partial charge in [-0.2, -0.15) is 0 Å². The molecule has 0 unspecified atom stereocenters. The first-order valence-corrected chi connectivity index (χ1v) is 9.85. The van der Waals surface area contributed by atoms with E-state index in [2.05, 4.69) is 53.4 Å². The second-order valence-corrected chi connectivity index (χ2v) is 7.46. The lowest BCUT2D eigenvalue weighted by molar-refractivity contribution is 0.0968. The topological polar surface area (TPSA) is 12.5 Å². The first-order chi connectivity index (χ1) is 13.3. The average molecular weight is 377 g/mol. The highest BCUT2D eigenvalue weighted by Crippen LogP contribution is 2.24. The van der Waals surface area contributed by atoms with Gasteiger partial charge >= 0.3 is 0 Å². The molecule has 1 aliphatic heterocycles. The van der Waals surface area contributed by atoms with Crippen molar-refractivity contribution in [3.8, 4) is 16.9 Å². The molecule has 0 amide bonds. The summed E-state index contributed by atoms with van der Waals surface area (Å²) >= 11 is 5.96. The number of hydrogen-bond donors (Lipinski definition) is 0. The smallest absolute Gasteiger partial charge is 0.119 e. The molecule has 4 rings (SSSR count). The van der Waals surface area contributed by atoms with Crippen LogP contribution in [0.2, 0.25) is 5.02 Å². The van der Waals surface area contributed by atoms with Gasteiger partial charge in [0.15, 0.2) is 0 Å². The molecule has 3 heteroatoms. The molecule has 0 atom stereocenters. The Morgan fingerprint density at radius 1 is 0.926 bits per heavy atom. The third-order valence-corrected chi connectivity index (χ3v) is 5.28. The second kappa shape index (κ2) is 8.60. The van der Waals surface area contributed by atoms with Crippen molar-refractivity contribution in [3.05, 3.63) is 89.4 Å². The Morgan fingerprint density at radius 3 is 2.33 bits per heavy atom. The van der Waals surface area contributed by atoms with Crippen LogP contribution in [0.5, 0.6) is 5.75 Å². The van der Waals surface area contributed by atoms with Crippen LogP contribution >= 0.6 is 11.6 Å². The number of halogens is 1. The minimum atomic E-state index is 0.292. The summed E-state index contributed by atoms with van der Waals surface area (Å²) in [5, 5.41) is 0.794. The molecule has 0 N–H and O–H groups in total. The molecule has 0 aliphatic carbocycles. The Kier molecular flexibility index (Phi) is 5.76. The van der Waals surface area contributed by atoms with E-state index in [1.54, 1.807) is 0 Å². The monoisotopic (exact) mass is 376 g/mol. The van der Waals surface area contributed by atoms with Crippen LogP contribution in [0.4, 0.5) is 0 Å². The quantitative estimate of drug-likeness (QED) is 0.553. The molecule has 27 heavy (non-hydrogen) atoms. The molecular weight excluding hydrogens is 354 g/mol. The Labute approximate surface area is 166 Å². The first-order valence-electron chi connectivity index (χ1n) is 9.47. The normalized spacial score (nSPS) is 15.6. The number of nitrogens with zero attached hydrogens (tertiary/aromatic N) is 1. The van der Waals surface area contributed by atoms with Gasteiger partial charge in [-0.3, -0.25) is 4.90 Å². The SMILES string of the molecule is Clc1ccc(CN2CCC(Oc3ccc(-c4[c]cccc4)cc3)CC2)cc1. The van der Waals surface area contributed by atoms with Gasteiger partial charge in [-0.05, 0) is 59.9 Å². The fourth-order valence-electron chi connectivity index (χ4n) is 3.51. The molecule has 2 nitrogen and oxygen atoms in total. The number of ether oxygens (including phenoxy) is 1. The summed E-state index contributed by atoms with van der Waals surface area (Å²) in [4.78, 5) is 2.48. The van der Waals surface area contributed by atoms with Gasteiger partial charge in [-0.1, -0.05) is 60.1 Å². The molecule has 0 saturated carbocycles. The zero-order valence-corrected chi connectivity index (χ0v) is 16.0. The van der Waals surface area contributed by atoms with Gasteiger partial charge in [0.1, 0.15) is 11.9 Å². The van der Waals surface area contributed by atoms with Crippen LogP contribution in [0.3, 0.4) is 0 Å². The van der Waals surface area contributed by atoms with E-state index < -0.39 is 0 Å². The van der Waals surface area contributed by atoms with Crippen molar-refractivity contribution in [1.82, 2.24) is 4.90 Å². The number of hydrogen-bond acceptors (Lipinski definition) is 2. The van der Waals surface area contributed by atoms with E-state index in [1.807, 2.05) is 30.3 Å². The highest BCUT2D eigenvalue weighted by atomic mass is 35.5. The van der Waals surface area contributed by atoms with Crippen molar-refractivity contribution < 1.29 is 4.74 Å². The van der Waals surface area contributed by atoms with E-state index in [1.165, 1.54) is 11.1 Å². The lowest BCUT2D eigenvalue weighted by Crippen LogP contribution is -2.37. The highest BCUT2D eigenvalue weighted by Gasteiger charge is 2.20. The molecule has 0 spiro atoms. The van der Waals surface area contributed by atoms with Crippen molar-refractivity contribution >= 4 is 11.6 Å². The maximum Gasteiger partial charge on any atom is 0.119 e. The Balaban J connectivity index is 1.28. The van der Waals surface area contributed by atoms with Gasteiger partial charge in [0.2, 0.25) is 0 Å². The van der Waals surface area contributed by atoms with E-state index in [4.69, 9.17) is 16.3 Å². The zero-order valence-electron chi connectivity index (χ0n) is 15.3. The van der Waals surface area contributed by atoms with E-state index in [0.29, 0.717) is 6.10 Å². The van der Waals surface area contributed by atoms with Crippen molar-refractivity contribution in [2.75, 3.05) is 13.1 Å². The molecular formula is C24H23ClNO. The summed E-state index contributed by atoms with van der Waals surface area (Å²) in [6, 6.07) is 27.8. The van der Waals surface area contributed by atoms with Crippen LogP contribution < -0.4 is 4.74 Å². The van der Waals surface area contributed by atoms with Crippen molar-refractivity contribution in [2.24, 2.45) is 0 Å². The number of likely N-dealkylation sites (tertiary alicyclic amines) is 1. The summed E-state index contributed by atoms with van der Waals surface area (Å²) in [6.45, 7) is 3.10. The lowest BCUT2D eigenvalue weighted by atomic mass is 10.1. The van der Waals surface area contributed by atoms with Crippen LogP contribution in [-0.4, -0.2) is 24.1 Å². The minimum Gasteiger partial charge on any atom is -0.490 e. The predicted octanol–water partition coefficient (Wildman–Crippen LogP) is 5.85. The number of benzene rings is 3. The summed E-state index contributed by atoms with van der Waals surface area (Å²) in [5.74, 6) is 0.950. The van der Waals surface area contributed by atoms with Gasteiger partial charge in [-0.25, -0.2) is 0 Å². The van der Waals surface area contributed by atoms with Crippen LogP contribution in [0, 0.1) is 6.07 Å². The maximum atomic E-state index is 6.21. The van der Waals surface area contributed by atoms with E-state index >= 15 is 0 Å². The van der Waals surface area contributed by atoms with Gasteiger partial charge in [-0.15, -0.1) is 0 Å². The molecule has 0 aromatic heterocycles.